The van der Waals surface area contributed by atoms with Crippen molar-refractivity contribution in [1.29, 1.82) is 0 Å². The highest BCUT2D eigenvalue weighted by Gasteiger charge is 2.51. The minimum atomic E-state index is -0.321. The van der Waals surface area contributed by atoms with Crippen LogP contribution in [0.25, 0.3) is 10.9 Å². The largest absolute Gasteiger partial charge is 0.357 e. The van der Waals surface area contributed by atoms with E-state index in [1.165, 1.54) is 12.1 Å². The van der Waals surface area contributed by atoms with E-state index < -0.39 is 0 Å². The number of hydrogen-bond donors (Lipinski definition) is 1. The molecular weight excluding hydrogens is 307 g/mol. The van der Waals surface area contributed by atoms with E-state index in [2.05, 4.69) is 10.1 Å². The first kappa shape index (κ1) is 14.9. The van der Waals surface area contributed by atoms with E-state index in [9.17, 15) is 9.18 Å². The van der Waals surface area contributed by atoms with Crippen molar-refractivity contribution >= 4 is 16.8 Å². The Balaban J connectivity index is 1.48. The molecule has 1 amide bonds. The third kappa shape index (κ3) is 2.68. The van der Waals surface area contributed by atoms with Crippen LogP contribution in [0.2, 0.25) is 0 Å². The van der Waals surface area contributed by atoms with E-state index in [-0.39, 0.29) is 17.1 Å². The van der Waals surface area contributed by atoms with Crippen LogP contribution in [0, 0.1) is 11.2 Å². The maximum absolute atomic E-state index is 13.3. The second-order valence-corrected chi connectivity index (χ2v) is 6.67. The summed E-state index contributed by atoms with van der Waals surface area (Å²) < 4.78 is 15.1. The normalized spacial score (nSPS) is 15.6. The molecule has 0 aliphatic heterocycles. The molecule has 124 valence electrons. The third-order valence-electron chi connectivity index (χ3n) is 4.72. The predicted molar refractivity (Wildman–Crippen MR) is 88.6 cm³/mol. The van der Waals surface area contributed by atoms with Crippen LogP contribution in [0.3, 0.4) is 0 Å². The first-order valence-electron chi connectivity index (χ1n) is 8.06. The fraction of sp³-hybridized carbons (Fsp3) is 0.333. The Morgan fingerprint density at radius 3 is 2.96 bits per heavy atom. The van der Waals surface area contributed by atoms with E-state index >= 15 is 0 Å². The molecule has 0 spiro atoms. The number of H-pyrrole nitrogens is 1. The zero-order valence-corrected chi connectivity index (χ0v) is 13.5. The lowest BCUT2D eigenvalue weighted by atomic mass is 10.1. The molecule has 2 aromatic heterocycles. The van der Waals surface area contributed by atoms with Crippen LogP contribution < -0.4 is 0 Å². The number of fused-ring (bicyclic) bond motifs is 1. The van der Waals surface area contributed by atoms with E-state index in [1.807, 2.05) is 30.1 Å². The second kappa shape index (κ2) is 5.47. The van der Waals surface area contributed by atoms with Crippen molar-refractivity contribution in [3.8, 4) is 0 Å². The molecule has 0 bridgehead atoms. The Hall–Kier alpha value is -2.63. The van der Waals surface area contributed by atoms with Crippen LogP contribution in [0.4, 0.5) is 4.39 Å². The summed E-state index contributed by atoms with van der Waals surface area (Å²) in [5, 5.41) is 5.03. The SMILES string of the molecule is CN(Cc1cc2cc(F)ccc2[nH]1)C(=O)C1(Cn2cccn2)CC1. The van der Waals surface area contributed by atoms with Crippen molar-refractivity contribution in [2.24, 2.45) is 5.41 Å². The smallest absolute Gasteiger partial charge is 0.230 e. The molecule has 6 heteroatoms. The minimum Gasteiger partial charge on any atom is -0.357 e. The molecule has 1 aliphatic carbocycles. The molecule has 1 aromatic carbocycles. The number of rotatable bonds is 5. The first-order valence-corrected chi connectivity index (χ1v) is 8.06. The number of nitrogens with zero attached hydrogens (tertiary/aromatic N) is 3. The topological polar surface area (TPSA) is 53.9 Å². The lowest BCUT2D eigenvalue weighted by Crippen LogP contribution is -2.36. The third-order valence-corrected chi connectivity index (χ3v) is 4.72. The number of aromatic nitrogens is 3. The Morgan fingerprint density at radius 1 is 1.42 bits per heavy atom. The van der Waals surface area contributed by atoms with Crippen molar-refractivity contribution in [3.63, 3.8) is 0 Å². The van der Waals surface area contributed by atoms with Gasteiger partial charge in [0.05, 0.1) is 18.5 Å². The Bertz CT molecular complexity index is 880. The minimum absolute atomic E-state index is 0.142. The van der Waals surface area contributed by atoms with Crippen molar-refractivity contribution in [2.75, 3.05) is 7.05 Å². The average molecular weight is 326 g/mol. The van der Waals surface area contributed by atoms with Gasteiger partial charge in [-0.25, -0.2) is 4.39 Å². The van der Waals surface area contributed by atoms with Crippen LogP contribution in [0.1, 0.15) is 18.5 Å². The van der Waals surface area contributed by atoms with Crippen LogP contribution in [0.5, 0.6) is 0 Å². The molecule has 0 saturated heterocycles. The number of benzene rings is 1. The van der Waals surface area contributed by atoms with Crippen LogP contribution in [0.15, 0.2) is 42.7 Å². The standard InChI is InChI=1S/C18H19FN4O/c1-22(11-15-10-13-9-14(19)3-4-16(13)21-15)17(24)18(5-6-18)12-23-8-2-7-20-23/h2-4,7-10,21H,5-6,11-12H2,1H3. The second-order valence-electron chi connectivity index (χ2n) is 6.67. The summed E-state index contributed by atoms with van der Waals surface area (Å²) in [4.78, 5) is 17.8. The highest BCUT2D eigenvalue weighted by atomic mass is 19.1. The molecule has 0 unspecified atom stereocenters. The van der Waals surface area contributed by atoms with Gasteiger partial charge in [-0.3, -0.25) is 9.48 Å². The van der Waals surface area contributed by atoms with Gasteiger partial charge in [0.1, 0.15) is 5.82 Å². The Labute approximate surface area is 139 Å². The number of aromatic amines is 1. The molecule has 1 fully saturated rings. The Morgan fingerprint density at radius 2 is 2.25 bits per heavy atom. The number of carbonyl (C=O) groups is 1. The number of hydrogen-bond acceptors (Lipinski definition) is 2. The van der Waals surface area contributed by atoms with Crippen LogP contribution >= 0.6 is 0 Å². The summed E-state index contributed by atoms with van der Waals surface area (Å²) in [5.74, 6) is -0.114. The maximum atomic E-state index is 13.3. The van der Waals surface area contributed by atoms with Crippen molar-refractivity contribution < 1.29 is 9.18 Å². The lowest BCUT2D eigenvalue weighted by Gasteiger charge is -2.23. The summed E-state index contributed by atoms with van der Waals surface area (Å²) >= 11 is 0. The van der Waals surface area contributed by atoms with Gasteiger partial charge in [-0.05, 0) is 43.2 Å². The molecule has 5 nitrogen and oxygen atoms in total. The number of halogens is 1. The van der Waals surface area contributed by atoms with E-state index in [0.29, 0.717) is 13.1 Å². The van der Waals surface area contributed by atoms with Crippen LogP contribution in [-0.4, -0.2) is 32.6 Å². The molecular formula is C18H19FN4O. The number of carbonyl (C=O) groups excluding carboxylic acids is 1. The van der Waals surface area contributed by atoms with E-state index in [4.69, 9.17) is 0 Å². The fourth-order valence-electron chi connectivity index (χ4n) is 3.28. The number of amides is 1. The first-order chi connectivity index (χ1) is 11.6. The summed E-state index contributed by atoms with van der Waals surface area (Å²) in [6, 6.07) is 8.41. The zero-order valence-electron chi connectivity index (χ0n) is 13.5. The maximum Gasteiger partial charge on any atom is 0.230 e. The predicted octanol–water partition coefficient (Wildman–Crippen LogP) is 2.94. The molecule has 2 heterocycles. The van der Waals surface area contributed by atoms with Gasteiger partial charge in [-0.15, -0.1) is 0 Å². The fourth-order valence-corrected chi connectivity index (χ4v) is 3.28. The van der Waals surface area contributed by atoms with Gasteiger partial charge in [-0.1, -0.05) is 0 Å². The number of nitrogens with one attached hydrogen (secondary N) is 1. The molecule has 1 saturated carbocycles. The van der Waals surface area contributed by atoms with Crippen molar-refractivity contribution in [1.82, 2.24) is 19.7 Å². The molecule has 0 atom stereocenters. The monoisotopic (exact) mass is 326 g/mol. The quantitative estimate of drug-likeness (QED) is 0.784. The molecule has 24 heavy (non-hydrogen) atoms. The summed E-state index contributed by atoms with van der Waals surface area (Å²) in [7, 11) is 1.82. The van der Waals surface area contributed by atoms with Gasteiger partial charge in [-0.2, -0.15) is 5.10 Å². The van der Waals surface area contributed by atoms with Gasteiger partial charge in [0.2, 0.25) is 5.91 Å². The van der Waals surface area contributed by atoms with E-state index in [1.54, 1.807) is 17.2 Å². The van der Waals surface area contributed by atoms with Crippen LogP contribution in [-0.2, 0) is 17.9 Å². The molecule has 4 rings (SSSR count). The molecule has 3 aromatic rings. The van der Waals surface area contributed by atoms with Crippen molar-refractivity contribution in [2.45, 2.75) is 25.9 Å². The van der Waals surface area contributed by atoms with Gasteiger partial charge in [0, 0.05) is 36.0 Å². The average Bonchev–Trinajstić information content (AvgIpc) is 2.96. The lowest BCUT2D eigenvalue weighted by molar-refractivity contribution is -0.136. The Kier molecular flexibility index (Phi) is 3.40. The summed E-state index contributed by atoms with van der Waals surface area (Å²) in [5.41, 5.74) is 1.46. The highest BCUT2D eigenvalue weighted by molar-refractivity contribution is 5.85. The zero-order chi connectivity index (χ0) is 16.7. The van der Waals surface area contributed by atoms with E-state index in [0.717, 1.165) is 29.4 Å². The van der Waals surface area contributed by atoms with Gasteiger partial charge < -0.3 is 9.88 Å². The molecule has 1 aliphatic rings. The summed E-state index contributed by atoms with van der Waals surface area (Å²) in [6.45, 7) is 1.11. The van der Waals surface area contributed by atoms with Gasteiger partial charge in [0.15, 0.2) is 0 Å². The van der Waals surface area contributed by atoms with Crippen molar-refractivity contribution in [3.05, 3.63) is 54.2 Å². The highest BCUT2D eigenvalue weighted by Crippen LogP contribution is 2.48. The van der Waals surface area contributed by atoms with Gasteiger partial charge >= 0.3 is 0 Å². The molecule has 0 radical (unpaired) electrons. The van der Waals surface area contributed by atoms with Gasteiger partial charge in [0.25, 0.3) is 0 Å². The molecule has 1 N–H and O–H groups in total. The summed E-state index contributed by atoms with van der Waals surface area (Å²) in [6.07, 6.45) is 5.41.